The second kappa shape index (κ2) is 6.48. The molecule has 1 fully saturated rings. The first-order valence-electron chi connectivity index (χ1n) is 6.40. The van der Waals surface area contributed by atoms with Gasteiger partial charge in [0.15, 0.2) is 0 Å². The monoisotopic (exact) mass is 299 g/mol. The van der Waals surface area contributed by atoms with Crippen LogP contribution in [0.4, 0.5) is 5.82 Å². The van der Waals surface area contributed by atoms with Gasteiger partial charge in [0.2, 0.25) is 0 Å². The van der Waals surface area contributed by atoms with Crippen LogP contribution in [0, 0.1) is 0 Å². The number of pyridine rings is 1. The Morgan fingerprint density at radius 1 is 1.63 bits per heavy atom. The number of nitrogens with one attached hydrogen (secondary N) is 1. The molecule has 1 aliphatic heterocycles. The fraction of sp³-hybridized carbons (Fsp3) is 0.538. The third kappa shape index (κ3) is 3.54. The number of thioether (sulfide) groups is 1. The van der Waals surface area contributed by atoms with Gasteiger partial charge < -0.3 is 10.2 Å². The van der Waals surface area contributed by atoms with Gasteiger partial charge >= 0.3 is 0 Å². The van der Waals surface area contributed by atoms with Crippen molar-refractivity contribution in [1.29, 1.82) is 0 Å². The van der Waals surface area contributed by atoms with Crippen LogP contribution in [-0.4, -0.2) is 46.9 Å². The number of hydrogen-bond donors (Lipinski definition) is 1. The molecule has 6 heteroatoms. The minimum absolute atomic E-state index is 0.0413. The number of anilines is 1. The van der Waals surface area contributed by atoms with Crippen LogP contribution in [0.15, 0.2) is 12.1 Å². The van der Waals surface area contributed by atoms with E-state index in [9.17, 15) is 4.79 Å². The Morgan fingerprint density at radius 2 is 2.42 bits per heavy atom. The number of carbonyl (C=O) groups is 1. The number of amides is 1. The molecule has 0 aromatic carbocycles. The van der Waals surface area contributed by atoms with Gasteiger partial charge in [0.05, 0.1) is 0 Å². The van der Waals surface area contributed by atoms with Gasteiger partial charge in [-0.15, -0.1) is 0 Å². The third-order valence-corrected chi connectivity index (χ3v) is 4.74. The minimum atomic E-state index is 0.0413. The van der Waals surface area contributed by atoms with E-state index in [1.807, 2.05) is 16.7 Å². The molecule has 1 N–H and O–H groups in total. The van der Waals surface area contributed by atoms with Gasteiger partial charge in [-0.3, -0.25) is 4.79 Å². The number of aromatic nitrogens is 1. The zero-order chi connectivity index (χ0) is 13.8. The molecule has 104 valence electrons. The van der Waals surface area contributed by atoms with Crippen molar-refractivity contribution in [2.24, 2.45) is 0 Å². The average Bonchev–Trinajstić information content (AvgIpc) is 2.45. The van der Waals surface area contributed by atoms with E-state index in [1.165, 1.54) is 0 Å². The standard InChI is InChI=1S/C13H18ClN3OS/c1-3-10-8-17(4-5-19-10)13(18)9-6-11(14)16-12(7-9)15-2/h6-7,10H,3-5,8H2,1-2H3,(H,15,16). The lowest BCUT2D eigenvalue weighted by molar-refractivity contribution is 0.0761. The molecule has 1 aromatic rings. The molecule has 1 amide bonds. The predicted molar refractivity (Wildman–Crippen MR) is 81.2 cm³/mol. The Balaban J connectivity index is 2.16. The summed E-state index contributed by atoms with van der Waals surface area (Å²) < 4.78 is 0. The average molecular weight is 300 g/mol. The highest BCUT2D eigenvalue weighted by Gasteiger charge is 2.24. The van der Waals surface area contributed by atoms with Crippen LogP contribution in [-0.2, 0) is 0 Å². The molecule has 4 nitrogen and oxygen atoms in total. The normalized spacial score (nSPS) is 19.3. The molecule has 0 bridgehead atoms. The van der Waals surface area contributed by atoms with Crippen molar-refractivity contribution in [3.63, 3.8) is 0 Å². The summed E-state index contributed by atoms with van der Waals surface area (Å²) in [6, 6.07) is 3.38. The van der Waals surface area contributed by atoms with Crippen LogP contribution < -0.4 is 5.32 Å². The first kappa shape index (κ1) is 14.5. The largest absolute Gasteiger partial charge is 0.373 e. The van der Waals surface area contributed by atoms with Crippen molar-refractivity contribution in [1.82, 2.24) is 9.88 Å². The fourth-order valence-corrected chi connectivity index (χ4v) is 3.47. The molecule has 1 aliphatic rings. The molecule has 1 saturated heterocycles. The SMILES string of the molecule is CCC1CN(C(=O)c2cc(Cl)nc(NC)c2)CCS1. The summed E-state index contributed by atoms with van der Waals surface area (Å²) in [6.45, 7) is 3.78. The van der Waals surface area contributed by atoms with E-state index >= 15 is 0 Å². The lowest BCUT2D eigenvalue weighted by Crippen LogP contribution is -2.41. The molecule has 1 aromatic heterocycles. The topological polar surface area (TPSA) is 45.2 Å². The Hall–Kier alpha value is -0.940. The molecule has 0 aliphatic carbocycles. The lowest BCUT2D eigenvalue weighted by atomic mass is 10.2. The Bertz CT molecular complexity index is 469. The summed E-state index contributed by atoms with van der Waals surface area (Å²) in [5.74, 6) is 1.66. The van der Waals surface area contributed by atoms with Crippen molar-refractivity contribution in [3.8, 4) is 0 Å². The molecular formula is C13H18ClN3OS. The van der Waals surface area contributed by atoms with E-state index < -0.39 is 0 Å². The van der Waals surface area contributed by atoms with E-state index in [1.54, 1.807) is 19.2 Å². The van der Waals surface area contributed by atoms with Crippen LogP contribution in [0.1, 0.15) is 23.7 Å². The van der Waals surface area contributed by atoms with E-state index in [0.717, 1.165) is 25.3 Å². The van der Waals surface area contributed by atoms with Crippen molar-refractivity contribution in [2.75, 3.05) is 31.2 Å². The van der Waals surface area contributed by atoms with Crippen LogP contribution in [0.2, 0.25) is 5.15 Å². The Kier molecular flexibility index (Phi) is 4.93. The molecule has 1 atom stereocenters. The summed E-state index contributed by atoms with van der Waals surface area (Å²) in [6.07, 6.45) is 1.09. The summed E-state index contributed by atoms with van der Waals surface area (Å²) in [7, 11) is 1.76. The summed E-state index contributed by atoms with van der Waals surface area (Å²) in [5, 5.41) is 3.80. The number of rotatable bonds is 3. The van der Waals surface area contributed by atoms with Crippen molar-refractivity contribution in [3.05, 3.63) is 22.8 Å². The summed E-state index contributed by atoms with van der Waals surface area (Å²) >= 11 is 7.89. The number of halogens is 1. The quantitative estimate of drug-likeness (QED) is 0.872. The van der Waals surface area contributed by atoms with Gasteiger partial charge in [-0.1, -0.05) is 18.5 Å². The number of carbonyl (C=O) groups excluding carboxylic acids is 1. The molecule has 1 unspecified atom stereocenters. The smallest absolute Gasteiger partial charge is 0.254 e. The highest BCUT2D eigenvalue weighted by atomic mass is 35.5. The third-order valence-electron chi connectivity index (χ3n) is 3.18. The fourth-order valence-electron chi connectivity index (χ4n) is 2.08. The highest BCUT2D eigenvalue weighted by molar-refractivity contribution is 8.00. The summed E-state index contributed by atoms with van der Waals surface area (Å²) in [4.78, 5) is 18.5. The lowest BCUT2D eigenvalue weighted by Gasteiger charge is -2.32. The summed E-state index contributed by atoms with van der Waals surface area (Å²) in [5.41, 5.74) is 0.603. The van der Waals surface area contributed by atoms with E-state index in [0.29, 0.717) is 21.8 Å². The highest BCUT2D eigenvalue weighted by Crippen LogP contribution is 2.23. The van der Waals surface area contributed by atoms with Crippen molar-refractivity contribution in [2.45, 2.75) is 18.6 Å². The second-order valence-corrected chi connectivity index (χ2v) is 6.26. The van der Waals surface area contributed by atoms with E-state index in [2.05, 4.69) is 17.2 Å². The predicted octanol–water partition coefficient (Wildman–Crippen LogP) is 2.74. The van der Waals surface area contributed by atoms with Gasteiger partial charge in [0, 0.05) is 36.7 Å². The van der Waals surface area contributed by atoms with Crippen LogP contribution in [0.3, 0.4) is 0 Å². The maximum absolute atomic E-state index is 12.5. The van der Waals surface area contributed by atoms with Crippen LogP contribution in [0.5, 0.6) is 0 Å². The van der Waals surface area contributed by atoms with Crippen LogP contribution >= 0.6 is 23.4 Å². The maximum Gasteiger partial charge on any atom is 0.254 e. The maximum atomic E-state index is 12.5. The molecule has 0 radical (unpaired) electrons. The molecule has 2 rings (SSSR count). The number of hydrogen-bond acceptors (Lipinski definition) is 4. The Labute approximate surface area is 122 Å². The second-order valence-electron chi connectivity index (χ2n) is 4.47. The van der Waals surface area contributed by atoms with Crippen molar-refractivity contribution < 1.29 is 4.79 Å². The molecule has 0 saturated carbocycles. The minimum Gasteiger partial charge on any atom is -0.373 e. The first-order chi connectivity index (χ1) is 9.13. The van der Waals surface area contributed by atoms with E-state index in [-0.39, 0.29) is 5.91 Å². The zero-order valence-corrected chi connectivity index (χ0v) is 12.7. The molecule has 0 spiro atoms. The van der Waals surface area contributed by atoms with Gasteiger partial charge in [0.25, 0.3) is 5.91 Å². The zero-order valence-electron chi connectivity index (χ0n) is 11.1. The first-order valence-corrected chi connectivity index (χ1v) is 7.83. The molecule has 19 heavy (non-hydrogen) atoms. The van der Waals surface area contributed by atoms with Crippen LogP contribution in [0.25, 0.3) is 0 Å². The molecular weight excluding hydrogens is 282 g/mol. The molecule has 2 heterocycles. The van der Waals surface area contributed by atoms with Gasteiger partial charge in [-0.25, -0.2) is 4.98 Å². The Morgan fingerprint density at radius 3 is 3.11 bits per heavy atom. The van der Waals surface area contributed by atoms with Gasteiger partial charge in [0.1, 0.15) is 11.0 Å². The van der Waals surface area contributed by atoms with Gasteiger partial charge in [-0.05, 0) is 18.6 Å². The number of nitrogens with zero attached hydrogens (tertiary/aromatic N) is 2. The van der Waals surface area contributed by atoms with Crippen molar-refractivity contribution >= 4 is 35.1 Å². The van der Waals surface area contributed by atoms with Gasteiger partial charge in [-0.2, -0.15) is 11.8 Å². The van der Waals surface area contributed by atoms with E-state index in [4.69, 9.17) is 11.6 Å².